The van der Waals surface area contributed by atoms with E-state index in [-0.39, 0.29) is 40.9 Å². The molecule has 1 saturated carbocycles. The second-order valence-corrected chi connectivity index (χ2v) is 10.7. The van der Waals surface area contributed by atoms with Crippen LogP contribution in [-0.2, 0) is 4.79 Å². The molecule has 2 aliphatic rings. The van der Waals surface area contributed by atoms with E-state index in [1.165, 1.54) is 0 Å². The quantitative estimate of drug-likeness (QED) is 0.735. The molecule has 1 heterocycles. The highest BCUT2D eigenvalue weighted by atomic mass is 35.5. The summed E-state index contributed by atoms with van der Waals surface area (Å²) in [4.78, 5) is 27.3. The number of halogens is 2. The minimum absolute atomic E-state index is 0.0608. The van der Waals surface area contributed by atoms with Gasteiger partial charge in [-0.1, -0.05) is 23.2 Å². The Bertz CT molecular complexity index is 773. The van der Waals surface area contributed by atoms with Gasteiger partial charge >= 0.3 is 0 Å². The minimum atomic E-state index is -0.227. The fourth-order valence-corrected chi connectivity index (χ4v) is 5.32. The van der Waals surface area contributed by atoms with E-state index in [0.717, 1.165) is 19.3 Å². The number of nitrogens with zero attached hydrogens (tertiary/aromatic N) is 1. The summed E-state index contributed by atoms with van der Waals surface area (Å²) < 4.78 is 0. The number of likely N-dealkylation sites (tertiary alicyclic amines) is 1. The van der Waals surface area contributed by atoms with Crippen LogP contribution in [0.3, 0.4) is 0 Å². The summed E-state index contributed by atoms with van der Waals surface area (Å²) >= 11 is 12.0. The van der Waals surface area contributed by atoms with Crippen molar-refractivity contribution in [3.8, 4) is 0 Å². The lowest BCUT2D eigenvalue weighted by molar-refractivity contribution is -0.125. The van der Waals surface area contributed by atoms with Gasteiger partial charge in [0.25, 0.3) is 5.91 Å². The summed E-state index contributed by atoms with van der Waals surface area (Å²) in [7, 11) is 0. The molecule has 3 unspecified atom stereocenters. The first-order valence-electron chi connectivity index (χ1n) is 10.2. The molecular formula is C22H31Cl2N3O2. The molecule has 2 fully saturated rings. The second-order valence-electron chi connectivity index (χ2n) is 9.83. The Kier molecular flexibility index (Phi) is 6.24. The first-order chi connectivity index (χ1) is 13.4. The molecule has 1 aromatic carbocycles. The molecule has 0 bridgehead atoms. The van der Waals surface area contributed by atoms with Crippen LogP contribution in [0.2, 0.25) is 10.0 Å². The molecule has 1 aromatic rings. The standard InChI is InChI=1S/C22H31Cl2N3O2/c1-13-9-22(10-14(2)27(13)12-19(28)26-21(3,4)5)11-18(22)25-20(29)15-6-16(23)8-17(24)7-15/h6-8,13-14,18H,9-12H2,1-5H3,(H,25,29)(H,26,28). The van der Waals surface area contributed by atoms with Gasteiger partial charge in [-0.25, -0.2) is 0 Å². The van der Waals surface area contributed by atoms with Crippen molar-refractivity contribution in [2.24, 2.45) is 5.41 Å². The van der Waals surface area contributed by atoms with Crippen LogP contribution in [0.5, 0.6) is 0 Å². The van der Waals surface area contributed by atoms with Crippen molar-refractivity contribution in [2.75, 3.05) is 6.54 Å². The number of carbonyl (C=O) groups is 2. The van der Waals surface area contributed by atoms with E-state index < -0.39 is 0 Å². The average molecular weight is 440 g/mol. The van der Waals surface area contributed by atoms with Gasteiger partial charge in [-0.05, 0) is 77.5 Å². The van der Waals surface area contributed by atoms with Crippen LogP contribution in [-0.4, -0.2) is 46.9 Å². The van der Waals surface area contributed by atoms with Crippen molar-refractivity contribution < 1.29 is 9.59 Å². The Morgan fingerprint density at radius 1 is 1.07 bits per heavy atom. The van der Waals surface area contributed by atoms with Gasteiger partial charge in [0.2, 0.25) is 5.91 Å². The number of amides is 2. The number of piperidine rings is 1. The molecule has 1 spiro atoms. The molecular weight excluding hydrogens is 409 g/mol. The van der Waals surface area contributed by atoms with Gasteiger partial charge in [-0.15, -0.1) is 0 Å². The maximum absolute atomic E-state index is 12.6. The highest BCUT2D eigenvalue weighted by Crippen LogP contribution is 2.56. The largest absolute Gasteiger partial charge is 0.350 e. The first-order valence-corrected chi connectivity index (χ1v) is 11.0. The van der Waals surface area contributed by atoms with Crippen molar-refractivity contribution in [2.45, 2.75) is 77.5 Å². The Hall–Kier alpha value is -1.30. The zero-order chi connectivity index (χ0) is 21.6. The van der Waals surface area contributed by atoms with E-state index in [2.05, 4.69) is 29.4 Å². The summed E-state index contributed by atoms with van der Waals surface area (Å²) in [5, 5.41) is 7.12. The van der Waals surface area contributed by atoms with Crippen LogP contribution >= 0.6 is 23.2 Å². The summed E-state index contributed by atoms with van der Waals surface area (Å²) in [5.74, 6) is -0.0748. The fourth-order valence-electron chi connectivity index (χ4n) is 4.79. The van der Waals surface area contributed by atoms with Gasteiger partial charge < -0.3 is 10.6 Å². The van der Waals surface area contributed by atoms with E-state index in [9.17, 15) is 9.59 Å². The topological polar surface area (TPSA) is 61.4 Å². The highest BCUT2D eigenvalue weighted by molar-refractivity contribution is 6.35. The number of hydrogen-bond donors (Lipinski definition) is 2. The van der Waals surface area contributed by atoms with Crippen molar-refractivity contribution >= 4 is 35.0 Å². The van der Waals surface area contributed by atoms with Gasteiger partial charge in [-0.2, -0.15) is 0 Å². The van der Waals surface area contributed by atoms with Gasteiger partial charge in [0.15, 0.2) is 0 Å². The fraction of sp³-hybridized carbons (Fsp3) is 0.636. The van der Waals surface area contributed by atoms with Crippen LogP contribution in [0.1, 0.15) is 64.2 Å². The predicted molar refractivity (Wildman–Crippen MR) is 118 cm³/mol. The van der Waals surface area contributed by atoms with E-state index in [1.54, 1.807) is 18.2 Å². The molecule has 3 rings (SSSR count). The Balaban J connectivity index is 1.59. The van der Waals surface area contributed by atoms with Gasteiger partial charge in [0, 0.05) is 39.3 Å². The van der Waals surface area contributed by atoms with Crippen LogP contribution in [0.25, 0.3) is 0 Å². The molecule has 29 heavy (non-hydrogen) atoms. The third-order valence-electron chi connectivity index (χ3n) is 6.00. The van der Waals surface area contributed by atoms with E-state index in [0.29, 0.717) is 22.2 Å². The van der Waals surface area contributed by atoms with E-state index in [4.69, 9.17) is 23.2 Å². The van der Waals surface area contributed by atoms with Crippen LogP contribution in [0, 0.1) is 5.41 Å². The zero-order valence-corrected chi connectivity index (χ0v) is 19.3. The van der Waals surface area contributed by atoms with Gasteiger partial charge in [0.1, 0.15) is 0 Å². The molecule has 160 valence electrons. The summed E-state index contributed by atoms with van der Waals surface area (Å²) in [6.07, 6.45) is 2.92. The SMILES string of the molecule is CC1CC2(CC(C)N1CC(=O)NC(C)(C)C)CC2NC(=O)c1cc(Cl)cc(Cl)c1. The third-order valence-corrected chi connectivity index (χ3v) is 6.43. The van der Waals surface area contributed by atoms with Crippen molar-refractivity contribution in [3.63, 3.8) is 0 Å². The molecule has 5 nitrogen and oxygen atoms in total. The van der Waals surface area contributed by atoms with Crippen LogP contribution in [0.15, 0.2) is 18.2 Å². The lowest BCUT2D eigenvalue weighted by atomic mass is 9.83. The molecule has 2 amide bonds. The monoisotopic (exact) mass is 439 g/mol. The molecule has 1 saturated heterocycles. The molecule has 0 aromatic heterocycles. The molecule has 7 heteroatoms. The predicted octanol–water partition coefficient (Wildman–Crippen LogP) is 4.27. The molecule has 2 N–H and O–H groups in total. The maximum Gasteiger partial charge on any atom is 0.251 e. The number of rotatable bonds is 4. The molecule has 0 radical (unpaired) electrons. The van der Waals surface area contributed by atoms with Crippen LogP contribution in [0.4, 0.5) is 0 Å². The second kappa shape index (κ2) is 8.09. The summed E-state index contributed by atoms with van der Waals surface area (Å²) in [6, 6.07) is 5.62. The summed E-state index contributed by atoms with van der Waals surface area (Å²) in [6.45, 7) is 10.7. The summed E-state index contributed by atoms with van der Waals surface area (Å²) in [5.41, 5.74) is 0.380. The third kappa shape index (κ3) is 5.44. The molecule has 1 aliphatic carbocycles. The first kappa shape index (κ1) is 22.4. The Morgan fingerprint density at radius 3 is 2.14 bits per heavy atom. The number of carbonyl (C=O) groups excluding carboxylic acids is 2. The normalized spacial score (nSPS) is 29.6. The van der Waals surface area contributed by atoms with E-state index >= 15 is 0 Å². The smallest absolute Gasteiger partial charge is 0.251 e. The Morgan fingerprint density at radius 2 is 1.62 bits per heavy atom. The van der Waals surface area contributed by atoms with E-state index in [1.807, 2.05) is 20.8 Å². The van der Waals surface area contributed by atoms with Gasteiger partial charge in [0.05, 0.1) is 6.54 Å². The average Bonchev–Trinajstić information content (AvgIpc) is 3.19. The Labute approximate surface area is 183 Å². The number of hydrogen-bond acceptors (Lipinski definition) is 3. The molecule has 1 aliphatic heterocycles. The number of nitrogens with one attached hydrogen (secondary N) is 2. The lowest BCUT2D eigenvalue weighted by Crippen LogP contribution is -2.54. The lowest BCUT2D eigenvalue weighted by Gasteiger charge is -2.43. The van der Waals surface area contributed by atoms with Gasteiger partial charge in [-0.3, -0.25) is 14.5 Å². The van der Waals surface area contributed by atoms with Crippen molar-refractivity contribution in [3.05, 3.63) is 33.8 Å². The van der Waals surface area contributed by atoms with Crippen LogP contribution < -0.4 is 10.6 Å². The molecule has 3 atom stereocenters. The zero-order valence-electron chi connectivity index (χ0n) is 17.8. The van der Waals surface area contributed by atoms with Crippen molar-refractivity contribution in [1.29, 1.82) is 0 Å². The minimum Gasteiger partial charge on any atom is -0.350 e. The maximum atomic E-state index is 12.6. The number of benzene rings is 1. The van der Waals surface area contributed by atoms with Crippen molar-refractivity contribution in [1.82, 2.24) is 15.5 Å². The highest BCUT2D eigenvalue weighted by Gasteiger charge is 2.58.